The molecule has 28 nitrogen and oxygen atoms in total. The third kappa shape index (κ3) is 16.8. The summed E-state index contributed by atoms with van der Waals surface area (Å²) in [6.45, 7) is 13.8. The van der Waals surface area contributed by atoms with Gasteiger partial charge in [0.25, 0.3) is 12.2 Å². The lowest BCUT2D eigenvalue weighted by molar-refractivity contribution is 0.0684. The van der Waals surface area contributed by atoms with Crippen LogP contribution in [0.1, 0.15) is 136 Å². The first-order valence-corrected chi connectivity index (χ1v) is 36.3. The van der Waals surface area contributed by atoms with Crippen molar-refractivity contribution in [2.45, 2.75) is 85.1 Å². The highest BCUT2D eigenvalue weighted by atomic mass is 79.9. The van der Waals surface area contributed by atoms with Gasteiger partial charge in [0.1, 0.15) is 74.1 Å². The monoisotopic (exact) mass is 1550 g/mol. The second-order valence-corrected chi connectivity index (χ2v) is 29.3. The van der Waals surface area contributed by atoms with E-state index >= 15 is 0 Å². The zero-order chi connectivity index (χ0) is 73.4. The van der Waals surface area contributed by atoms with Crippen molar-refractivity contribution in [2.75, 3.05) is 19.8 Å². The number of alkyl halides is 2. The third-order valence-corrected chi connectivity index (χ3v) is 22.5. The number of carboxylic acid groups (broad SMARTS) is 1. The number of carboxylic acids is 1. The number of aliphatic hydroxyl groups is 3. The number of carbonyl (C=O) groups is 5. The van der Waals surface area contributed by atoms with Gasteiger partial charge in [-0.05, 0) is 74.2 Å². The number of carbonyl (C=O) groups excluding carboxylic acids is 4. The van der Waals surface area contributed by atoms with Crippen LogP contribution >= 0.6 is 72.6 Å². The molecule has 1 fully saturated rings. The van der Waals surface area contributed by atoms with E-state index in [9.17, 15) is 32.8 Å². The van der Waals surface area contributed by atoms with Crippen LogP contribution < -0.4 is 0 Å². The van der Waals surface area contributed by atoms with Crippen LogP contribution in [0, 0.1) is 33.3 Å². The smallest absolute Gasteiger partial charge is 0.354 e. The van der Waals surface area contributed by atoms with E-state index in [1.165, 1.54) is 70.0 Å². The molecule has 1 unspecified atom stereocenters. The normalized spacial score (nSPS) is 13.0. The summed E-state index contributed by atoms with van der Waals surface area (Å²) in [7, 11) is 8.29. The largest absolute Gasteiger partial charge is 0.477 e. The molecule has 14 rings (SSSR count). The van der Waals surface area contributed by atoms with Crippen LogP contribution in [0.3, 0.4) is 0 Å². The van der Waals surface area contributed by atoms with Crippen molar-refractivity contribution in [2.24, 2.45) is 41.2 Å². The number of aryl methyl sites for hydroxylation is 10. The molecule has 1 aliphatic heterocycles. The molecule has 1 aliphatic carbocycles. The lowest BCUT2D eigenvalue weighted by Crippen LogP contribution is -2.23. The molecule has 0 saturated heterocycles. The molecule has 1 aromatic carbocycles. The van der Waals surface area contributed by atoms with Gasteiger partial charge in [-0.25, -0.2) is 43.2 Å². The zero-order valence-electron chi connectivity index (χ0n) is 56.2. The Balaban J connectivity index is 0.000000140. The van der Waals surface area contributed by atoms with E-state index in [0.717, 1.165) is 97.3 Å². The van der Waals surface area contributed by atoms with Crippen molar-refractivity contribution in [3.05, 3.63) is 154 Å². The van der Waals surface area contributed by atoms with E-state index in [0.29, 0.717) is 60.6 Å². The Morgan fingerprint density at radius 3 is 1.54 bits per heavy atom. The highest BCUT2D eigenvalue weighted by Crippen LogP contribution is 2.49. The van der Waals surface area contributed by atoms with Crippen LogP contribution in [0.5, 0.6) is 0 Å². The quantitative estimate of drug-likeness (QED) is 0.0431. The summed E-state index contributed by atoms with van der Waals surface area (Å²) < 4.78 is 36.3. The number of hydrogen-bond donors (Lipinski definition) is 4. The van der Waals surface area contributed by atoms with Crippen LogP contribution in [0.15, 0.2) is 75.9 Å². The lowest BCUT2D eigenvalue weighted by Gasteiger charge is -2.21. The van der Waals surface area contributed by atoms with Gasteiger partial charge >= 0.3 is 5.97 Å². The Labute approximate surface area is 609 Å². The second kappa shape index (κ2) is 33.0. The van der Waals surface area contributed by atoms with Gasteiger partial charge in [-0.1, -0.05) is 43.8 Å². The van der Waals surface area contributed by atoms with E-state index in [-0.39, 0.29) is 52.1 Å². The van der Waals surface area contributed by atoms with Gasteiger partial charge in [-0.2, -0.15) is 30.6 Å². The Bertz CT molecular complexity index is 5040. The van der Waals surface area contributed by atoms with E-state index in [1.807, 2.05) is 68.2 Å². The summed E-state index contributed by atoms with van der Waals surface area (Å²) in [6.07, 6.45) is 10.1. The maximum atomic E-state index is 13.2. The molecule has 0 bridgehead atoms. The van der Waals surface area contributed by atoms with Crippen molar-refractivity contribution in [3.8, 4) is 64.2 Å². The molecule has 11 aromatic heterocycles. The number of halogens is 3. The van der Waals surface area contributed by atoms with Crippen molar-refractivity contribution >= 4 is 108 Å². The molecule has 12 aromatic rings. The number of hydrogen-bond acceptors (Lipinski definition) is 25. The van der Waals surface area contributed by atoms with Gasteiger partial charge in [0, 0.05) is 86.4 Å². The highest BCUT2D eigenvalue weighted by molar-refractivity contribution is 9.11. The van der Waals surface area contributed by atoms with Gasteiger partial charge in [-0.15, -0.1) is 61.7 Å². The predicted octanol–water partition coefficient (Wildman–Crippen LogP) is 11.7. The second-order valence-electron chi connectivity index (χ2n) is 23.1. The summed E-state index contributed by atoms with van der Waals surface area (Å²) in [5.41, 5.74) is 8.36. The van der Waals surface area contributed by atoms with Gasteiger partial charge in [0.05, 0.1) is 74.0 Å². The fraction of sp³-hybridized carbons (Fsp3) is 0.333. The number of aromatic carboxylic acids is 1. The molecular formula is C66H66BrF2N19O9S5. The number of fused-ring (bicyclic) bond motifs is 1. The van der Waals surface area contributed by atoms with E-state index in [1.54, 1.807) is 79.5 Å². The van der Waals surface area contributed by atoms with Crippen LogP contribution in [0.2, 0.25) is 0 Å². The molecule has 12 heterocycles. The van der Waals surface area contributed by atoms with Crippen LogP contribution in [-0.2, 0) is 54.6 Å². The number of Topliss-reactive ketones (excluding diaryl/α,β-unsaturated/α-hetero) is 4. The molecule has 530 valence electrons. The molecule has 1 atom stereocenters. The maximum absolute atomic E-state index is 13.2. The number of ketones is 4. The number of aliphatic hydroxyl groups excluding tert-OH is 3. The fourth-order valence-corrected chi connectivity index (χ4v) is 16.1. The summed E-state index contributed by atoms with van der Waals surface area (Å²) >= 11 is 10.4. The van der Waals surface area contributed by atoms with Gasteiger partial charge in [0.15, 0.2) is 17.3 Å². The molecule has 102 heavy (non-hydrogen) atoms. The molecule has 1 saturated carbocycles. The SMILES string of the molecule is CCc1sc(-c2cnn(C)c2C(=O)CO)nc1C.Cc1csc(-c2cnn(C)c2C(=O)CC2CCn3nc(-c4ccccc4)nc3C2)n1.Cc1nc(-c2cnn(C)c2C(=O)CO)sc1Br.Cn1ncc(-c2nc(C(F)F)c(C3CC3)s2)c1C(=O)CO.[C-]#[N+]c1csc(-c2cnn(C)c2C(=O)O)n1. The Morgan fingerprint density at radius 1 is 0.608 bits per heavy atom. The minimum atomic E-state index is -2.63. The average Bonchev–Trinajstić information content (AvgIpc) is 1.63. The molecule has 0 spiro atoms. The number of benzene rings is 1. The number of aromatic nitrogens is 18. The Morgan fingerprint density at radius 2 is 1.09 bits per heavy atom. The molecule has 2 aliphatic rings. The summed E-state index contributed by atoms with van der Waals surface area (Å²) in [5.74, 6) is 0.234. The summed E-state index contributed by atoms with van der Waals surface area (Å²) in [6, 6.07) is 10.0. The van der Waals surface area contributed by atoms with Gasteiger partial charge < -0.3 is 25.3 Å². The standard InChI is InChI=1S/C22H22N6OS.C13H13F2N3O2S.C12H15N3O2S.C10H10BrN3O2S.C9H6N4O2S/c1-14-13-30-22(24-14)17-12-23-27(2)20(17)18(29)10-15-8-9-28-19(11-15)25-21(26-28)16-6-4-3-5-7-16;1-18-10(8(20)5-19)7(4-16-18)13-17-9(12(14)15)11(21-13)6-2-3-6;1-4-10-7(2)14-12(18-10)8-5-13-15(3)11(8)9(17)6-16;1-5-9(11)17-10(13-5)6-3-12-14(2)8(6)7(16)4-15;1-10-6-4-16-8(12-6)5-3-11-13(2)7(5)9(14)15/h3-7,12-13,15H,8-11H2,1-2H3;4,6,12,19H,2-3,5H2,1H3;5,16H,4,6H2,1-3H3;3,15H,4H2,1-2H3;3-4H,2H3,(H,14,15). The lowest BCUT2D eigenvalue weighted by atomic mass is 9.91. The average molecular weight is 1550 g/mol. The minimum absolute atomic E-state index is 0.0749. The Kier molecular flexibility index (Phi) is 24.3. The first kappa shape index (κ1) is 75.1. The topological polar surface area (TPSA) is 355 Å². The third-order valence-electron chi connectivity index (χ3n) is 16.0. The first-order chi connectivity index (χ1) is 48.9. The molecule has 0 radical (unpaired) electrons. The van der Waals surface area contributed by atoms with Crippen LogP contribution in [0.4, 0.5) is 14.6 Å². The van der Waals surface area contributed by atoms with E-state index in [4.69, 9.17) is 32.0 Å². The van der Waals surface area contributed by atoms with Gasteiger partial charge in [0.2, 0.25) is 22.4 Å². The fourth-order valence-electron chi connectivity index (χ4n) is 10.9. The highest BCUT2D eigenvalue weighted by Gasteiger charge is 2.35. The molecule has 36 heteroatoms. The van der Waals surface area contributed by atoms with E-state index in [2.05, 4.69) is 83.2 Å². The maximum Gasteiger partial charge on any atom is 0.354 e. The minimum Gasteiger partial charge on any atom is -0.477 e. The Hall–Kier alpha value is -9.58. The number of nitrogens with zero attached hydrogens (tertiary/aromatic N) is 19. The summed E-state index contributed by atoms with van der Waals surface area (Å²) in [5, 5.41) is 67.7. The van der Waals surface area contributed by atoms with Crippen molar-refractivity contribution in [3.63, 3.8) is 0 Å². The zero-order valence-corrected chi connectivity index (χ0v) is 61.9. The molecule has 0 amide bonds. The summed E-state index contributed by atoms with van der Waals surface area (Å²) in [4.78, 5) is 90.5. The van der Waals surface area contributed by atoms with Crippen molar-refractivity contribution < 1.29 is 53.2 Å². The molecular weight excluding hydrogens is 1480 g/mol. The number of thiazole rings is 5. The van der Waals surface area contributed by atoms with E-state index < -0.39 is 38.0 Å². The van der Waals surface area contributed by atoms with Gasteiger partial charge in [-0.3, -0.25) is 42.6 Å². The number of rotatable bonds is 19. The van der Waals surface area contributed by atoms with Crippen LogP contribution in [0.25, 0.3) is 69.1 Å². The molecule has 4 N–H and O–H groups in total. The van der Waals surface area contributed by atoms with Crippen LogP contribution in [-0.4, -0.2) is 158 Å². The van der Waals surface area contributed by atoms with Crippen molar-refractivity contribution in [1.82, 2.24) is 88.6 Å². The predicted molar refractivity (Wildman–Crippen MR) is 383 cm³/mol. The first-order valence-electron chi connectivity index (χ1n) is 31.3. The van der Waals surface area contributed by atoms with Crippen molar-refractivity contribution in [1.29, 1.82) is 0 Å².